The molecule has 1 atom stereocenters. The molecule has 0 saturated heterocycles. The van der Waals surface area contributed by atoms with Gasteiger partial charge in [-0.05, 0) is 17.5 Å². The minimum absolute atomic E-state index is 0.178. The molecule has 0 saturated carbocycles. The van der Waals surface area contributed by atoms with E-state index < -0.39 is 29.2 Å². The Bertz CT molecular complexity index is 449. The van der Waals surface area contributed by atoms with E-state index in [1.165, 1.54) is 0 Å². The Morgan fingerprint density at radius 1 is 1.32 bits per heavy atom. The van der Waals surface area contributed by atoms with Crippen LogP contribution in [0.15, 0.2) is 18.3 Å². The van der Waals surface area contributed by atoms with E-state index >= 15 is 0 Å². The normalized spacial score (nSPS) is 14.1. The van der Waals surface area contributed by atoms with Gasteiger partial charge in [-0.2, -0.15) is 13.2 Å². The van der Waals surface area contributed by atoms with Gasteiger partial charge in [0, 0.05) is 0 Å². The summed E-state index contributed by atoms with van der Waals surface area (Å²) in [4.78, 5) is 15.0. The van der Waals surface area contributed by atoms with Crippen LogP contribution >= 0.6 is 0 Å². The highest BCUT2D eigenvalue weighted by molar-refractivity contribution is 5.95. The zero-order valence-electron chi connectivity index (χ0n) is 10.9. The van der Waals surface area contributed by atoms with Gasteiger partial charge in [-0.1, -0.05) is 20.8 Å². The molecule has 1 aromatic heterocycles. The first-order valence-corrected chi connectivity index (χ1v) is 5.61. The Labute approximate surface area is 109 Å². The number of aromatic nitrogens is 1. The van der Waals surface area contributed by atoms with Gasteiger partial charge in [0.05, 0.1) is 17.9 Å². The lowest BCUT2D eigenvalue weighted by Gasteiger charge is -2.25. The number of nitrogens with zero attached hydrogens (tertiary/aromatic N) is 1. The molecule has 0 aliphatic heterocycles. The number of rotatable bonds is 2. The maximum Gasteiger partial charge on any atom is 0.433 e. The third kappa shape index (κ3) is 4.20. The largest absolute Gasteiger partial charge is 0.433 e. The number of carbonyl (C=O) groups excluding carboxylic acids is 1. The number of anilines is 1. The Morgan fingerprint density at radius 2 is 1.89 bits per heavy atom. The second-order valence-corrected chi connectivity index (χ2v) is 5.26. The molecule has 0 radical (unpaired) electrons. The van der Waals surface area contributed by atoms with Crippen molar-refractivity contribution >= 4 is 11.6 Å². The molecule has 0 bridgehead atoms. The van der Waals surface area contributed by atoms with Gasteiger partial charge in [-0.3, -0.25) is 4.79 Å². The fourth-order valence-corrected chi connectivity index (χ4v) is 1.25. The van der Waals surface area contributed by atoms with E-state index in [2.05, 4.69) is 10.3 Å². The molecule has 106 valence electrons. The number of nitrogens with two attached hydrogens (primary N) is 1. The molecule has 0 aliphatic carbocycles. The van der Waals surface area contributed by atoms with Crippen LogP contribution in [0.4, 0.5) is 18.9 Å². The Balaban J connectivity index is 2.77. The van der Waals surface area contributed by atoms with Crippen molar-refractivity contribution in [2.75, 3.05) is 5.32 Å². The number of nitrogens with one attached hydrogen (secondary N) is 1. The van der Waals surface area contributed by atoms with Crippen molar-refractivity contribution in [2.45, 2.75) is 33.0 Å². The molecule has 1 amide bonds. The minimum Gasteiger partial charge on any atom is -0.323 e. The lowest BCUT2D eigenvalue weighted by molar-refractivity contribution is -0.141. The summed E-state index contributed by atoms with van der Waals surface area (Å²) in [7, 11) is 0. The molecule has 1 rings (SSSR count). The van der Waals surface area contributed by atoms with Gasteiger partial charge in [0.2, 0.25) is 5.91 Å². The van der Waals surface area contributed by atoms with E-state index in [4.69, 9.17) is 5.73 Å². The molecule has 0 unspecified atom stereocenters. The summed E-state index contributed by atoms with van der Waals surface area (Å²) in [5.74, 6) is -0.464. The van der Waals surface area contributed by atoms with Crippen LogP contribution in [0.25, 0.3) is 0 Å². The predicted octanol–water partition coefficient (Wildman–Crippen LogP) is 2.41. The van der Waals surface area contributed by atoms with E-state index in [0.717, 1.165) is 18.3 Å². The number of hydrogen-bond donors (Lipinski definition) is 2. The van der Waals surface area contributed by atoms with Crippen molar-refractivity contribution in [1.82, 2.24) is 4.98 Å². The van der Waals surface area contributed by atoms with E-state index in [9.17, 15) is 18.0 Å². The predicted molar refractivity (Wildman–Crippen MR) is 65.3 cm³/mol. The third-order valence-corrected chi connectivity index (χ3v) is 2.54. The fraction of sp³-hybridized carbons (Fsp3) is 0.500. The molecule has 7 heteroatoms. The van der Waals surface area contributed by atoms with E-state index in [-0.39, 0.29) is 5.69 Å². The van der Waals surface area contributed by atoms with Gasteiger partial charge in [-0.15, -0.1) is 0 Å². The number of alkyl halides is 3. The lowest BCUT2D eigenvalue weighted by Crippen LogP contribution is -2.45. The first-order valence-electron chi connectivity index (χ1n) is 5.61. The van der Waals surface area contributed by atoms with Crippen molar-refractivity contribution < 1.29 is 18.0 Å². The van der Waals surface area contributed by atoms with Crippen LogP contribution in [-0.2, 0) is 11.0 Å². The monoisotopic (exact) mass is 275 g/mol. The summed E-state index contributed by atoms with van der Waals surface area (Å²) in [6.07, 6.45) is -3.54. The molecule has 0 spiro atoms. The topological polar surface area (TPSA) is 68.0 Å². The summed E-state index contributed by atoms with van der Waals surface area (Å²) >= 11 is 0. The van der Waals surface area contributed by atoms with Crippen LogP contribution in [0, 0.1) is 5.41 Å². The molecule has 0 aliphatic rings. The van der Waals surface area contributed by atoms with E-state index in [0.29, 0.717) is 0 Å². The number of amides is 1. The highest BCUT2D eigenvalue weighted by atomic mass is 19.4. The second-order valence-electron chi connectivity index (χ2n) is 5.26. The Hall–Kier alpha value is -1.63. The van der Waals surface area contributed by atoms with Gasteiger partial charge in [-0.25, -0.2) is 4.98 Å². The van der Waals surface area contributed by atoms with Gasteiger partial charge >= 0.3 is 6.18 Å². The quantitative estimate of drug-likeness (QED) is 0.871. The number of carbonyl (C=O) groups is 1. The average molecular weight is 275 g/mol. The van der Waals surface area contributed by atoms with Crippen molar-refractivity contribution in [2.24, 2.45) is 11.1 Å². The number of halogens is 3. The molecular formula is C12H16F3N3O. The zero-order chi connectivity index (χ0) is 14.8. The average Bonchev–Trinajstić information content (AvgIpc) is 2.26. The van der Waals surface area contributed by atoms with Crippen LogP contribution in [0.3, 0.4) is 0 Å². The van der Waals surface area contributed by atoms with E-state index in [1.54, 1.807) is 20.8 Å². The van der Waals surface area contributed by atoms with Crippen molar-refractivity contribution in [3.8, 4) is 0 Å². The van der Waals surface area contributed by atoms with Crippen LogP contribution in [0.1, 0.15) is 26.5 Å². The molecule has 0 fully saturated rings. The first-order chi connectivity index (χ1) is 8.51. The van der Waals surface area contributed by atoms with Crippen molar-refractivity contribution in [3.63, 3.8) is 0 Å². The molecular weight excluding hydrogens is 259 g/mol. The van der Waals surface area contributed by atoms with E-state index in [1.807, 2.05) is 0 Å². The SMILES string of the molecule is CC(C)(C)[C@H](N)C(=O)Nc1ccc(C(F)(F)F)nc1. The summed E-state index contributed by atoms with van der Waals surface area (Å²) < 4.78 is 36.9. The Kier molecular flexibility index (Phi) is 4.19. The van der Waals surface area contributed by atoms with Crippen LogP contribution < -0.4 is 11.1 Å². The maximum atomic E-state index is 12.3. The van der Waals surface area contributed by atoms with Gasteiger partial charge in [0.1, 0.15) is 5.69 Å². The fourth-order valence-electron chi connectivity index (χ4n) is 1.25. The van der Waals surface area contributed by atoms with Crippen LogP contribution in [-0.4, -0.2) is 16.9 Å². The smallest absolute Gasteiger partial charge is 0.323 e. The molecule has 1 aromatic rings. The van der Waals surface area contributed by atoms with Crippen molar-refractivity contribution in [3.05, 3.63) is 24.0 Å². The summed E-state index contributed by atoms with van der Waals surface area (Å²) in [6, 6.07) is 1.18. The maximum absolute atomic E-state index is 12.3. The highest BCUT2D eigenvalue weighted by Gasteiger charge is 2.32. The van der Waals surface area contributed by atoms with Gasteiger partial charge in [0.15, 0.2) is 0 Å². The first kappa shape index (κ1) is 15.4. The van der Waals surface area contributed by atoms with Gasteiger partial charge in [0.25, 0.3) is 0 Å². The molecule has 3 N–H and O–H groups in total. The highest BCUT2D eigenvalue weighted by Crippen LogP contribution is 2.28. The van der Waals surface area contributed by atoms with Crippen LogP contribution in [0.2, 0.25) is 0 Å². The Morgan fingerprint density at radius 3 is 2.26 bits per heavy atom. The standard InChI is InChI=1S/C12H16F3N3O/c1-11(2,3)9(16)10(19)18-7-4-5-8(17-6-7)12(13,14)15/h4-6,9H,16H2,1-3H3,(H,18,19)/t9-/m1/s1. The minimum atomic E-state index is -4.50. The summed E-state index contributed by atoms with van der Waals surface area (Å²) in [5.41, 5.74) is 4.46. The zero-order valence-corrected chi connectivity index (χ0v) is 10.9. The van der Waals surface area contributed by atoms with Gasteiger partial charge < -0.3 is 11.1 Å². The number of pyridine rings is 1. The summed E-state index contributed by atoms with van der Waals surface area (Å²) in [6.45, 7) is 5.38. The second kappa shape index (κ2) is 5.16. The molecule has 19 heavy (non-hydrogen) atoms. The molecule has 4 nitrogen and oxygen atoms in total. The van der Waals surface area contributed by atoms with Crippen molar-refractivity contribution in [1.29, 1.82) is 0 Å². The summed E-state index contributed by atoms with van der Waals surface area (Å²) in [5, 5.41) is 2.43. The van der Waals surface area contributed by atoms with Crippen LogP contribution in [0.5, 0.6) is 0 Å². The molecule has 0 aromatic carbocycles. The lowest BCUT2D eigenvalue weighted by atomic mass is 9.87. The number of hydrogen-bond acceptors (Lipinski definition) is 3. The molecule has 1 heterocycles. The third-order valence-electron chi connectivity index (χ3n) is 2.54.